The Morgan fingerprint density at radius 2 is 0.887 bits per heavy atom. The lowest BCUT2D eigenvalue weighted by atomic mass is 9.98. The minimum Gasteiger partial charge on any atom is -0.479 e. The zero-order chi connectivity index (χ0) is 51.8. The van der Waals surface area contributed by atoms with Gasteiger partial charge in [-0.1, -0.05) is 194 Å². The van der Waals surface area contributed by atoms with E-state index in [4.69, 9.17) is 23.7 Å². The van der Waals surface area contributed by atoms with Crippen LogP contribution in [0.5, 0.6) is 0 Å². The summed E-state index contributed by atoms with van der Waals surface area (Å²) in [6.07, 6.45) is 50.9. The molecular formula is C59H90O12. The SMILES string of the molecule is CC/C=C\C/C=C\C/C=C\C/C=C\C/C=C\C/C=C\CCC(=O)OCC(COC1OC(C(=O)O)C(O)C(O)C1OC(=O)CCCCCCCCCCC)OC(=O)CC/C=C\C/C=C\C/C=C\C/C=C\CC. The van der Waals surface area contributed by atoms with Gasteiger partial charge in [0.1, 0.15) is 18.8 Å². The first-order chi connectivity index (χ1) is 34.6. The summed E-state index contributed by atoms with van der Waals surface area (Å²) >= 11 is 0. The van der Waals surface area contributed by atoms with Gasteiger partial charge in [0.25, 0.3) is 0 Å². The van der Waals surface area contributed by atoms with E-state index in [1.54, 1.807) is 0 Å². The number of hydrogen-bond acceptors (Lipinski definition) is 11. The third-order valence-corrected chi connectivity index (χ3v) is 11.1. The summed E-state index contributed by atoms with van der Waals surface area (Å²) in [5.74, 6) is -3.37. The van der Waals surface area contributed by atoms with Crippen LogP contribution in [0.1, 0.15) is 175 Å². The fourth-order valence-corrected chi connectivity index (χ4v) is 7.05. The van der Waals surface area contributed by atoms with Gasteiger partial charge in [-0.15, -0.1) is 0 Å². The maximum atomic E-state index is 13.0. The molecule has 0 radical (unpaired) electrons. The van der Waals surface area contributed by atoms with Crippen molar-refractivity contribution < 1.29 is 58.2 Å². The monoisotopic (exact) mass is 991 g/mol. The minimum absolute atomic E-state index is 0.0202. The number of carbonyl (C=O) groups is 4. The van der Waals surface area contributed by atoms with Gasteiger partial charge in [-0.05, 0) is 83.5 Å². The highest BCUT2D eigenvalue weighted by Crippen LogP contribution is 2.26. The van der Waals surface area contributed by atoms with Gasteiger partial charge in [-0.25, -0.2) is 4.79 Å². The molecule has 0 bridgehead atoms. The van der Waals surface area contributed by atoms with Crippen molar-refractivity contribution in [3.8, 4) is 0 Å². The van der Waals surface area contributed by atoms with E-state index in [9.17, 15) is 34.5 Å². The molecule has 1 fully saturated rings. The highest BCUT2D eigenvalue weighted by molar-refractivity contribution is 5.74. The van der Waals surface area contributed by atoms with Gasteiger partial charge in [-0.3, -0.25) is 14.4 Å². The maximum Gasteiger partial charge on any atom is 0.335 e. The molecule has 6 atom stereocenters. The summed E-state index contributed by atoms with van der Waals surface area (Å²) in [6.45, 7) is 5.56. The molecule has 0 amide bonds. The molecule has 6 unspecified atom stereocenters. The Hall–Kier alpha value is -4.88. The van der Waals surface area contributed by atoms with Gasteiger partial charge < -0.3 is 39.0 Å². The van der Waals surface area contributed by atoms with Crippen molar-refractivity contribution in [1.82, 2.24) is 0 Å². The molecule has 398 valence electrons. The number of hydrogen-bond donors (Lipinski definition) is 3. The van der Waals surface area contributed by atoms with Crippen molar-refractivity contribution in [3.05, 3.63) is 122 Å². The molecule has 0 aromatic carbocycles. The first-order valence-electron chi connectivity index (χ1n) is 26.5. The highest BCUT2D eigenvalue weighted by atomic mass is 16.7. The van der Waals surface area contributed by atoms with Gasteiger partial charge in [0.05, 0.1) is 6.61 Å². The van der Waals surface area contributed by atoms with Crippen molar-refractivity contribution in [1.29, 1.82) is 0 Å². The fraction of sp³-hybridized carbons (Fsp3) is 0.593. The lowest BCUT2D eigenvalue weighted by Gasteiger charge is -2.40. The van der Waals surface area contributed by atoms with Crippen LogP contribution in [0.3, 0.4) is 0 Å². The Labute approximate surface area is 427 Å². The van der Waals surface area contributed by atoms with Crippen LogP contribution < -0.4 is 0 Å². The second-order valence-corrected chi connectivity index (χ2v) is 17.4. The Kier molecular flexibility index (Phi) is 41.7. The normalized spacial score (nSPS) is 19.5. The Morgan fingerprint density at radius 3 is 1.32 bits per heavy atom. The van der Waals surface area contributed by atoms with Crippen molar-refractivity contribution in [2.45, 2.75) is 212 Å². The van der Waals surface area contributed by atoms with E-state index in [2.05, 4.69) is 112 Å². The molecule has 1 aliphatic rings. The molecule has 12 nitrogen and oxygen atoms in total. The number of allylic oxidation sites excluding steroid dienone is 20. The zero-order valence-corrected chi connectivity index (χ0v) is 43.4. The molecule has 3 N–H and O–H groups in total. The number of aliphatic hydroxyl groups is 2. The molecule has 1 rings (SSSR count). The predicted molar refractivity (Wildman–Crippen MR) is 284 cm³/mol. The number of unbranched alkanes of at least 4 members (excludes halogenated alkanes) is 8. The molecule has 0 saturated carbocycles. The lowest BCUT2D eigenvalue weighted by molar-refractivity contribution is -0.301. The summed E-state index contributed by atoms with van der Waals surface area (Å²) in [4.78, 5) is 50.7. The average Bonchev–Trinajstić information content (AvgIpc) is 3.35. The van der Waals surface area contributed by atoms with Crippen LogP contribution in [-0.4, -0.2) is 89.2 Å². The van der Waals surface area contributed by atoms with E-state index in [1.165, 1.54) is 25.7 Å². The van der Waals surface area contributed by atoms with Crippen LogP contribution >= 0.6 is 0 Å². The molecule has 0 aliphatic carbocycles. The number of aliphatic hydroxyl groups excluding tert-OH is 2. The van der Waals surface area contributed by atoms with E-state index in [1.807, 2.05) is 30.4 Å². The predicted octanol–water partition coefficient (Wildman–Crippen LogP) is 12.9. The largest absolute Gasteiger partial charge is 0.479 e. The van der Waals surface area contributed by atoms with Crippen LogP contribution in [0, 0.1) is 0 Å². The van der Waals surface area contributed by atoms with Gasteiger partial charge >= 0.3 is 23.9 Å². The summed E-state index contributed by atoms with van der Waals surface area (Å²) in [7, 11) is 0. The highest BCUT2D eigenvalue weighted by Gasteiger charge is 2.50. The minimum atomic E-state index is -1.92. The van der Waals surface area contributed by atoms with E-state index in [-0.39, 0.29) is 25.9 Å². The topological polar surface area (TPSA) is 175 Å². The van der Waals surface area contributed by atoms with E-state index < -0.39 is 67.3 Å². The van der Waals surface area contributed by atoms with Crippen LogP contribution in [0.15, 0.2) is 122 Å². The quantitative estimate of drug-likeness (QED) is 0.0229. The number of aliphatic carboxylic acids is 1. The van der Waals surface area contributed by atoms with Gasteiger partial charge in [-0.2, -0.15) is 0 Å². The van der Waals surface area contributed by atoms with Gasteiger partial charge in [0, 0.05) is 19.3 Å². The van der Waals surface area contributed by atoms with Crippen molar-refractivity contribution >= 4 is 23.9 Å². The Morgan fingerprint density at radius 1 is 0.479 bits per heavy atom. The first-order valence-corrected chi connectivity index (χ1v) is 26.5. The molecule has 0 aromatic rings. The standard InChI is InChI=1S/C59H90O12/c1-4-7-10-13-16-19-21-23-24-25-26-27-28-30-31-34-36-39-42-45-51(60)67-48-50(69-52(61)46-43-40-38-35-32-29-22-20-17-14-11-8-5-2)49-68-59-57(55(64)54(63)56(71-59)58(65)66)70-53(62)47-44-41-37-33-18-15-12-9-6-3/h7-8,10-11,16-17,19-20,23-24,26-27,29-32,36,38-40,50,54-57,59,63-64H,4-6,9,12-15,18,21-22,25,28,33-35,37,41-49H2,1-3H3,(H,65,66)/b10-7-,11-8-,19-16-,20-17-,24-23-,27-26-,31-30-,32-29-,39-36-,40-38-. The van der Waals surface area contributed by atoms with E-state index >= 15 is 0 Å². The van der Waals surface area contributed by atoms with E-state index in [0.29, 0.717) is 32.1 Å². The lowest BCUT2D eigenvalue weighted by Crippen LogP contribution is -2.61. The second kappa shape index (κ2) is 46.2. The molecule has 0 spiro atoms. The zero-order valence-electron chi connectivity index (χ0n) is 43.4. The summed E-state index contributed by atoms with van der Waals surface area (Å²) in [5.41, 5.74) is 0. The molecular weight excluding hydrogens is 901 g/mol. The molecule has 1 aliphatic heterocycles. The number of esters is 3. The Balaban J connectivity index is 2.80. The Bertz CT molecular complexity index is 1700. The number of rotatable bonds is 42. The third kappa shape index (κ3) is 36.7. The molecule has 71 heavy (non-hydrogen) atoms. The van der Waals surface area contributed by atoms with Crippen LogP contribution in [0.2, 0.25) is 0 Å². The first kappa shape index (κ1) is 64.1. The van der Waals surface area contributed by atoms with Crippen molar-refractivity contribution in [3.63, 3.8) is 0 Å². The molecule has 0 aromatic heterocycles. The second-order valence-electron chi connectivity index (χ2n) is 17.4. The van der Waals surface area contributed by atoms with Crippen molar-refractivity contribution in [2.24, 2.45) is 0 Å². The van der Waals surface area contributed by atoms with Gasteiger partial charge in [0.15, 0.2) is 24.6 Å². The number of carbonyl (C=O) groups excluding carboxylic acids is 3. The third-order valence-electron chi connectivity index (χ3n) is 11.1. The van der Waals surface area contributed by atoms with Crippen LogP contribution in [-0.2, 0) is 42.9 Å². The summed E-state index contributed by atoms with van der Waals surface area (Å²) in [5, 5.41) is 31.3. The van der Waals surface area contributed by atoms with E-state index in [0.717, 1.165) is 77.0 Å². The maximum absolute atomic E-state index is 13.0. The number of carboxylic acid groups (broad SMARTS) is 1. The smallest absolute Gasteiger partial charge is 0.335 e. The summed E-state index contributed by atoms with van der Waals surface area (Å²) < 4.78 is 28.1. The van der Waals surface area contributed by atoms with Crippen molar-refractivity contribution in [2.75, 3.05) is 13.2 Å². The number of ether oxygens (including phenoxy) is 5. The average molecular weight is 991 g/mol. The van der Waals surface area contributed by atoms with Crippen LogP contribution in [0.4, 0.5) is 0 Å². The van der Waals surface area contributed by atoms with Gasteiger partial charge in [0.2, 0.25) is 0 Å². The fourth-order valence-electron chi connectivity index (χ4n) is 7.05. The molecule has 12 heteroatoms. The molecule has 1 heterocycles. The molecule has 1 saturated heterocycles. The number of carboxylic acids is 1. The summed E-state index contributed by atoms with van der Waals surface area (Å²) in [6, 6.07) is 0. The van der Waals surface area contributed by atoms with Crippen LogP contribution in [0.25, 0.3) is 0 Å².